The number of hydrogen-bond acceptors (Lipinski definition) is 3. The minimum Gasteiger partial charge on any atom is -0.496 e. The summed E-state index contributed by atoms with van der Waals surface area (Å²) in [6, 6.07) is 15.3. The van der Waals surface area contributed by atoms with E-state index >= 15 is 0 Å². The van der Waals surface area contributed by atoms with Gasteiger partial charge in [0.25, 0.3) is 5.91 Å². The van der Waals surface area contributed by atoms with Gasteiger partial charge in [0, 0.05) is 11.6 Å². The summed E-state index contributed by atoms with van der Waals surface area (Å²) in [5.74, 6) is 0.720. The van der Waals surface area contributed by atoms with Crippen molar-refractivity contribution in [2.24, 2.45) is 0 Å². The van der Waals surface area contributed by atoms with Crippen molar-refractivity contribution in [2.45, 2.75) is 26.2 Å². The van der Waals surface area contributed by atoms with Crippen LogP contribution in [0.2, 0.25) is 5.02 Å². The Bertz CT molecular complexity index is 935. The van der Waals surface area contributed by atoms with Crippen LogP contribution in [0.5, 0.6) is 5.75 Å². The number of para-hydroxylation sites is 1. The molecule has 28 heavy (non-hydrogen) atoms. The highest BCUT2D eigenvalue weighted by Gasteiger charge is 2.17. The number of halogens is 1. The first-order valence-corrected chi connectivity index (χ1v) is 9.74. The highest BCUT2D eigenvalue weighted by molar-refractivity contribution is 6.30. The highest BCUT2D eigenvalue weighted by Crippen LogP contribution is 2.20. The van der Waals surface area contributed by atoms with Crippen molar-refractivity contribution in [1.29, 1.82) is 0 Å². The standard InChI is InChI=1S/C22H24ClN3O2/c1-3-6-20-19(15-25-26(20)18-11-9-17(23)10-12-18)22(27)24-14-13-16-7-4-5-8-21(16)28-2/h4-5,7-12,15H,3,6,13-14H2,1-2H3,(H,24,27). The molecule has 1 aromatic heterocycles. The van der Waals surface area contributed by atoms with Gasteiger partial charge in [0.1, 0.15) is 5.75 Å². The van der Waals surface area contributed by atoms with E-state index in [2.05, 4.69) is 17.3 Å². The molecule has 1 N–H and O–H groups in total. The highest BCUT2D eigenvalue weighted by atomic mass is 35.5. The van der Waals surface area contributed by atoms with Gasteiger partial charge in [0.15, 0.2) is 0 Å². The summed E-state index contributed by atoms with van der Waals surface area (Å²) >= 11 is 5.98. The molecule has 0 saturated heterocycles. The number of nitrogens with one attached hydrogen (secondary N) is 1. The Labute approximate surface area is 170 Å². The Hall–Kier alpha value is -2.79. The zero-order valence-electron chi connectivity index (χ0n) is 16.1. The number of carbonyl (C=O) groups is 1. The monoisotopic (exact) mass is 397 g/mol. The van der Waals surface area contributed by atoms with Crippen LogP contribution in [0, 0.1) is 0 Å². The number of benzene rings is 2. The molecule has 3 aromatic rings. The first-order chi connectivity index (χ1) is 13.6. The van der Waals surface area contributed by atoms with Crippen LogP contribution in [0.3, 0.4) is 0 Å². The van der Waals surface area contributed by atoms with E-state index in [0.717, 1.165) is 35.5 Å². The average Bonchev–Trinajstić information content (AvgIpc) is 3.13. The van der Waals surface area contributed by atoms with Gasteiger partial charge in [-0.2, -0.15) is 5.10 Å². The summed E-state index contributed by atoms with van der Waals surface area (Å²) < 4.78 is 7.18. The minimum atomic E-state index is -0.112. The van der Waals surface area contributed by atoms with Crippen LogP contribution in [-0.4, -0.2) is 29.3 Å². The van der Waals surface area contributed by atoms with E-state index in [0.29, 0.717) is 23.6 Å². The Morgan fingerprint density at radius 2 is 1.89 bits per heavy atom. The second kappa shape index (κ2) is 9.42. The van der Waals surface area contributed by atoms with Crippen LogP contribution in [0.15, 0.2) is 54.7 Å². The van der Waals surface area contributed by atoms with Gasteiger partial charge < -0.3 is 10.1 Å². The second-order valence-electron chi connectivity index (χ2n) is 6.46. The lowest BCUT2D eigenvalue weighted by molar-refractivity contribution is 0.0953. The third-order valence-corrected chi connectivity index (χ3v) is 4.80. The molecular weight excluding hydrogens is 374 g/mol. The van der Waals surface area contributed by atoms with Crippen LogP contribution >= 0.6 is 11.6 Å². The Morgan fingerprint density at radius 3 is 2.61 bits per heavy atom. The molecule has 0 atom stereocenters. The Kier molecular flexibility index (Phi) is 6.71. The van der Waals surface area contributed by atoms with Gasteiger partial charge in [-0.25, -0.2) is 4.68 Å². The number of hydrogen-bond donors (Lipinski definition) is 1. The Morgan fingerprint density at radius 1 is 1.14 bits per heavy atom. The molecule has 0 bridgehead atoms. The normalized spacial score (nSPS) is 10.7. The first-order valence-electron chi connectivity index (χ1n) is 9.37. The molecular formula is C22H24ClN3O2. The van der Waals surface area contributed by atoms with E-state index in [1.54, 1.807) is 13.3 Å². The SMILES string of the molecule is CCCc1c(C(=O)NCCc2ccccc2OC)cnn1-c1ccc(Cl)cc1. The van der Waals surface area contributed by atoms with Crippen LogP contribution in [0.1, 0.15) is 35.0 Å². The molecule has 0 aliphatic heterocycles. The maximum Gasteiger partial charge on any atom is 0.254 e. The van der Waals surface area contributed by atoms with Crippen LogP contribution in [0.4, 0.5) is 0 Å². The molecule has 0 aliphatic carbocycles. The molecule has 1 amide bonds. The molecule has 0 saturated carbocycles. The van der Waals surface area contributed by atoms with E-state index in [9.17, 15) is 4.79 Å². The second-order valence-corrected chi connectivity index (χ2v) is 6.90. The van der Waals surface area contributed by atoms with Crippen molar-refractivity contribution in [3.63, 3.8) is 0 Å². The van der Waals surface area contributed by atoms with Crippen molar-refractivity contribution < 1.29 is 9.53 Å². The maximum absolute atomic E-state index is 12.8. The lowest BCUT2D eigenvalue weighted by Gasteiger charge is -2.11. The van der Waals surface area contributed by atoms with Gasteiger partial charge in [-0.1, -0.05) is 43.1 Å². The molecule has 0 radical (unpaired) electrons. The topological polar surface area (TPSA) is 56.1 Å². The summed E-state index contributed by atoms with van der Waals surface area (Å²) in [7, 11) is 1.65. The average molecular weight is 398 g/mol. The molecule has 0 spiro atoms. The molecule has 6 heteroatoms. The van der Waals surface area contributed by atoms with Gasteiger partial charge in [-0.05, 0) is 48.7 Å². The van der Waals surface area contributed by atoms with Crippen molar-refractivity contribution in [3.8, 4) is 11.4 Å². The fraction of sp³-hybridized carbons (Fsp3) is 0.273. The van der Waals surface area contributed by atoms with Gasteiger partial charge in [-0.3, -0.25) is 4.79 Å². The van der Waals surface area contributed by atoms with E-state index in [1.807, 2.05) is 53.2 Å². The van der Waals surface area contributed by atoms with E-state index in [1.165, 1.54) is 0 Å². The lowest BCUT2D eigenvalue weighted by Crippen LogP contribution is -2.26. The van der Waals surface area contributed by atoms with Crippen molar-refractivity contribution >= 4 is 17.5 Å². The van der Waals surface area contributed by atoms with E-state index < -0.39 is 0 Å². The fourth-order valence-electron chi connectivity index (χ4n) is 3.16. The predicted molar refractivity (Wildman–Crippen MR) is 112 cm³/mol. The number of carbonyl (C=O) groups excluding carboxylic acids is 1. The quantitative estimate of drug-likeness (QED) is 0.610. The van der Waals surface area contributed by atoms with Gasteiger partial charge in [0.05, 0.1) is 30.3 Å². The summed E-state index contributed by atoms with van der Waals surface area (Å²) in [6.45, 7) is 2.61. The molecule has 0 unspecified atom stereocenters. The van der Waals surface area contributed by atoms with Crippen LogP contribution in [-0.2, 0) is 12.8 Å². The summed E-state index contributed by atoms with van der Waals surface area (Å²) in [6.07, 6.45) is 4.01. The summed E-state index contributed by atoms with van der Waals surface area (Å²) in [4.78, 5) is 12.8. The van der Waals surface area contributed by atoms with Crippen molar-refractivity contribution in [1.82, 2.24) is 15.1 Å². The number of amides is 1. The van der Waals surface area contributed by atoms with Gasteiger partial charge in [0.2, 0.25) is 0 Å². The van der Waals surface area contributed by atoms with Crippen LogP contribution < -0.4 is 10.1 Å². The maximum atomic E-state index is 12.8. The summed E-state index contributed by atoms with van der Waals surface area (Å²) in [5, 5.41) is 8.11. The fourth-order valence-corrected chi connectivity index (χ4v) is 3.29. The van der Waals surface area contributed by atoms with Crippen LogP contribution in [0.25, 0.3) is 5.69 Å². The smallest absolute Gasteiger partial charge is 0.254 e. The number of ether oxygens (including phenoxy) is 1. The molecule has 146 valence electrons. The zero-order valence-corrected chi connectivity index (χ0v) is 16.9. The number of aromatic nitrogens is 2. The third kappa shape index (κ3) is 4.54. The van der Waals surface area contributed by atoms with Crippen molar-refractivity contribution in [3.05, 3.63) is 76.6 Å². The molecule has 3 rings (SSSR count). The van der Waals surface area contributed by atoms with E-state index in [4.69, 9.17) is 16.3 Å². The lowest BCUT2D eigenvalue weighted by atomic mass is 10.1. The molecule has 0 fully saturated rings. The zero-order chi connectivity index (χ0) is 19.9. The summed E-state index contributed by atoms with van der Waals surface area (Å²) in [5.41, 5.74) is 3.47. The van der Waals surface area contributed by atoms with Gasteiger partial charge in [-0.15, -0.1) is 0 Å². The third-order valence-electron chi connectivity index (χ3n) is 4.54. The largest absolute Gasteiger partial charge is 0.496 e. The molecule has 0 aliphatic rings. The molecule has 1 heterocycles. The first kappa shape index (κ1) is 20.0. The molecule has 2 aromatic carbocycles. The minimum absolute atomic E-state index is 0.112. The Balaban J connectivity index is 1.73. The predicted octanol–water partition coefficient (Wildman–Crippen LogP) is 4.46. The van der Waals surface area contributed by atoms with E-state index in [-0.39, 0.29) is 5.91 Å². The van der Waals surface area contributed by atoms with Gasteiger partial charge >= 0.3 is 0 Å². The number of methoxy groups -OCH3 is 1. The number of nitrogens with zero attached hydrogens (tertiary/aromatic N) is 2. The van der Waals surface area contributed by atoms with Crippen molar-refractivity contribution in [2.75, 3.05) is 13.7 Å². The molecule has 5 nitrogen and oxygen atoms in total. The number of rotatable bonds is 8.